The topological polar surface area (TPSA) is 61.4 Å². The van der Waals surface area contributed by atoms with Gasteiger partial charge in [-0.2, -0.15) is 0 Å². The maximum Gasteiger partial charge on any atom is 0.191 e. The van der Waals surface area contributed by atoms with Gasteiger partial charge in [0.25, 0.3) is 0 Å². The Bertz CT molecular complexity index is 638. The summed E-state index contributed by atoms with van der Waals surface area (Å²) in [6.07, 6.45) is 2.29. The number of halogens is 1. The van der Waals surface area contributed by atoms with Gasteiger partial charge in [0.15, 0.2) is 17.5 Å². The highest BCUT2D eigenvalue weighted by atomic mass is 127. The minimum absolute atomic E-state index is 0. The first kappa shape index (κ1) is 29.7. The van der Waals surface area contributed by atoms with Gasteiger partial charge in [-0.25, -0.2) is 0 Å². The molecule has 2 unspecified atom stereocenters. The Labute approximate surface area is 207 Å². The van der Waals surface area contributed by atoms with Crippen LogP contribution in [0.5, 0.6) is 11.5 Å². The van der Waals surface area contributed by atoms with Crippen LogP contribution >= 0.6 is 24.0 Å². The number of methoxy groups -OCH3 is 2. The zero-order valence-electron chi connectivity index (χ0n) is 20.7. The highest BCUT2D eigenvalue weighted by Gasteiger charge is 2.17. The minimum atomic E-state index is 0. The number of rotatable bonds is 13. The van der Waals surface area contributed by atoms with E-state index in [0.29, 0.717) is 6.04 Å². The first-order valence-corrected chi connectivity index (χ1v) is 11.0. The Morgan fingerprint density at radius 1 is 1.10 bits per heavy atom. The second kappa shape index (κ2) is 16.4. The molecule has 8 heteroatoms. The molecule has 0 aliphatic carbocycles. The Morgan fingerprint density at radius 3 is 2.26 bits per heavy atom. The van der Waals surface area contributed by atoms with Crippen LogP contribution in [0.25, 0.3) is 0 Å². The van der Waals surface area contributed by atoms with Gasteiger partial charge in [-0.3, -0.25) is 4.99 Å². The van der Waals surface area contributed by atoms with Crippen LogP contribution in [-0.2, 0) is 0 Å². The predicted molar refractivity (Wildman–Crippen MR) is 142 cm³/mol. The number of benzene rings is 1. The van der Waals surface area contributed by atoms with Gasteiger partial charge in [0.05, 0.1) is 20.3 Å². The summed E-state index contributed by atoms with van der Waals surface area (Å²) in [6.45, 7) is 10.8. The van der Waals surface area contributed by atoms with Gasteiger partial charge < -0.3 is 29.9 Å². The van der Waals surface area contributed by atoms with Crippen LogP contribution in [-0.4, -0.2) is 83.3 Å². The maximum absolute atomic E-state index is 5.47. The maximum atomic E-state index is 5.47. The van der Waals surface area contributed by atoms with Crippen LogP contribution in [0.4, 0.5) is 0 Å². The van der Waals surface area contributed by atoms with E-state index in [-0.39, 0.29) is 30.0 Å². The van der Waals surface area contributed by atoms with Gasteiger partial charge in [0.2, 0.25) is 0 Å². The lowest BCUT2D eigenvalue weighted by atomic mass is 10.1. The number of guanidine groups is 1. The molecule has 0 bridgehead atoms. The number of ether oxygens (including phenoxy) is 2. The summed E-state index contributed by atoms with van der Waals surface area (Å²) in [5, 5.41) is 7.00. The summed E-state index contributed by atoms with van der Waals surface area (Å²) >= 11 is 0. The van der Waals surface area contributed by atoms with Crippen molar-refractivity contribution in [1.29, 1.82) is 0 Å². The van der Waals surface area contributed by atoms with Crippen molar-refractivity contribution in [2.75, 3.05) is 61.5 Å². The van der Waals surface area contributed by atoms with Gasteiger partial charge in [0, 0.05) is 19.6 Å². The van der Waals surface area contributed by atoms with E-state index in [2.05, 4.69) is 66.4 Å². The quantitative estimate of drug-likeness (QED) is 0.223. The van der Waals surface area contributed by atoms with Crippen LogP contribution in [0.1, 0.15) is 45.2 Å². The Hall–Kier alpha value is -1.26. The van der Waals surface area contributed by atoms with Crippen molar-refractivity contribution in [2.24, 2.45) is 4.99 Å². The number of likely N-dealkylation sites (N-methyl/N-ethyl adjacent to an activating group) is 1. The van der Waals surface area contributed by atoms with Crippen molar-refractivity contribution in [3.63, 3.8) is 0 Å². The summed E-state index contributed by atoms with van der Waals surface area (Å²) in [6, 6.07) is 6.61. The lowest BCUT2D eigenvalue weighted by Gasteiger charge is -2.27. The standard InChI is InChI=1S/C23H43N5O2.HI/c1-9-28(10-2)15-11-12-18(3)26-23(24-4)25-17-20(27(5)6)19-13-14-21(29-7)22(16-19)30-8;/h13-14,16,18,20H,9-12,15,17H2,1-8H3,(H2,24,25,26);1H. The van der Waals surface area contributed by atoms with Crippen molar-refractivity contribution in [2.45, 2.75) is 45.7 Å². The fraction of sp³-hybridized carbons (Fsp3) is 0.696. The molecule has 1 aromatic carbocycles. The molecular formula is C23H44IN5O2. The molecule has 0 aliphatic rings. The van der Waals surface area contributed by atoms with Crippen LogP contribution in [0.3, 0.4) is 0 Å². The van der Waals surface area contributed by atoms with Crippen molar-refractivity contribution in [1.82, 2.24) is 20.4 Å². The second-order valence-electron chi connectivity index (χ2n) is 7.76. The molecule has 0 radical (unpaired) electrons. The van der Waals surface area contributed by atoms with Crippen molar-refractivity contribution in [3.05, 3.63) is 23.8 Å². The summed E-state index contributed by atoms with van der Waals surface area (Å²) in [4.78, 5) is 9.06. The van der Waals surface area contributed by atoms with Gasteiger partial charge in [-0.1, -0.05) is 19.9 Å². The first-order chi connectivity index (χ1) is 14.4. The molecule has 0 saturated heterocycles. The van der Waals surface area contributed by atoms with Gasteiger partial charge in [0.1, 0.15) is 0 Å². The molecule has 1 aromatic rings. The molecule has 0 fully saturated rings. The molecular weight excluding hydrogens is 505 g/mol. The Kier molecular flexibility index (Phi) is 15.7. The van der Waals surface area contributed by atoms with E-state index in [1.807, 2.05) is 19.2 Å². The fourth-order valence-corrected chi connectivity index (χ4v) is 3.51. The van der Waals surface area contributed by atoms with Crippen molar-refractivity contribution < 1.29 is 9.47 Å². The first-order valence-electron chi connectivity index (χ1n) is 11.0. The minimum Gasteiger partial charge on any atom is -0.493 e. The zero-order chi connectivity index (χ0) is 22.5. The summed E-state index contributed by atoms with van der Waals surface area (Å²) in [5.74, 6) is 2.31. The Balaban J connectivity index is 0.00000900. The highest BCUT2D eigenvalue weighted by Crippen LogP contribution is 2.31. The Morgan fingerprint density at radius 2 is 1.74 bits per heavy atom. The number of hydrogen-bond donors (Lipinski definition) is 2. The lowest BCUT2D eigenvalue weighted by molar-refractivity contribution is 0.291. The number of aliphatic imine (C=N–C) groups is 1. The monoisotopic (exact) mass is 549 g/mol. The average molecular weight is 550 g/mol. The smallest absolute Gasteiger partial charge is 0.191 e. The van der Waals surface area contributed by atoms with Crippen molar-refractivity contribution >= 4 is 29.9 Å². The SMILES string of the molecule is CCN(CC)CCCC(C)NC(=NC)NCC(c1ccc(OC)c(OC)c1)N(C)C.I. The highest BCUT2D eigenvalue weighted by molar-refractivity contribution is 14.0. The predicted octanol–water partition coefficient (Wildman–Crippen LogP) is 3.60. The molecule has 0 saturated carbocycles. The van der Waals surface area contributed by atoms with Crippen LogP contribution in [0.2, 0.25) is 0 Å². The number of nitrogens with one attached hydrogen (secondary N) is 2. The molecule has 2 N–H and O–H groups in total. The normalized spacial score (nSPS) is 13.5. The molecule has 2 atom stereocenters. The van der Waals surface area contributed by atoms with E-state index >= 15 is 0 Å². The van der Waals surface area contributed by atoms with Crippen LogP contribution in [0, 0.1) is 0 Å². The summed E-state index contributed by atoms with van der Waals surface area (Å²) in [5.41, 5.74) is 1.16. The van der Waals surface area contributed by atoms with E-state index in [0.717, 1.165) is 55.6 Å². The largest absolute Gasteiger partial charge is 0.493 e. The molecule has 31 heavy (non-hydrogen) atoms. The molecule has 1 rings (SSSR count). The van der Waals surface area contributed by atoms with Gasteiger partial charge in [-0.15, -0.1) is 24.0 Å². The van der Waals surface area contributed by atoms with E-state index in [1.54, 1.807) is 14.2 Å². The van der Waals surface area contributed by atoms with E-state index in [1.165, 1.54) is 6.42 Å². The fourth-order valence-electron chi connectivity index (χ4n) is 3.51. The number of hydrogen-bond acceptors (Lipinski definition) is 5. The zero-order valence-corrected chi connectivity index (χ0v) is 23.0. The molecule has 0 amide bonds. The molecule has 0 aliphatic heterocycles. The third-order valence-electron chi connectivity index (χ3n) is 5.49. The van der Waals surface area contributed by atoms with Crippen LogP contribution in [0.15, 0.2) is 23.2 Å². The molecule has 0 heterocycles. The van der Waals surface area contributed by atoms with E-state index in [4.69, 9.17) is 9.47 Å². The third kappa shape index (κ3) is 10.3. The summed E-state index contributed by atoms with van der Waals surface area (Å²) < 4.78 is 10.8. The van der Waals surface area contributed by atoms with E-state index < -0.39 is 0 Å². The lowest BCUT2D eigenvalue weighted by Crippen LogP contribution is -2.45. The van der Waals surface area contributed by atoms with Crippen LogP contribution < -0.4 is 20.1 Å². The molecule has 180 valence electrons. The van der Waals surface area contributed by atoms with Crippen molar-refractivity contribution in [3.8, 4) is 11.5 Å². The molecule has 0 spiro atoms. The second-order valence-corrected chi connectivity index (χ2v) is 7.76. The third-order valence-corrected chi connectivity index (χ3v) is 5.49. The molecule has 7 nitrogen and oxygen atoms in total. The number of nitrogens with zero attached hydrogens (tertiary/aromatic N) is 3. The van der Waals surface area contributed by atoms with Gasteiger partial charge >= 0.3 is 0 Å². The summed E-state index contributed by atoms with van der Waals surface area (Å²) in [7, 11) is 9.29. The van der Waals surface area contributed by atoms with E-state index in [9.17, 15) is 0 Å². The molecule has 0 aromatic heterocycles. The van der Waals surface area contributed by atoms with Gasteiger partial charge in [-0.05, 0) is 71.2 Å². The average Bonchev–Trinajstić information content (AvgIpc) is 2.75.